The van der Waals surface area contributed by atoms with Gasteiger partial charge in [0.05, 0.1) is 10.6 Å². The first-order chi connectivity index (χ1) is 6.46. The number of rotatable bonds is 2. The molecule has 1 aromatic carbocycles. The zero-order chi connectivity index (χ0) is 10.8. The smallest absolute Gasteiger partial charge is 0.166 e. The van der Waals surface area contributed by atoms with Crippen molar-refractivity contribution in [1.29, 1.82) is 0 Å². The van der Waals surface area contributed by atoms with Gasteiger partial charge in [0.1, 0.15) is 0 Å². The largest absolute Gasteiger partial charge is 0.417 e. The molecule has 0 fully saturated rings. The van der Waals surface area contributed by atoms with Crippen LogP contribution in [0.3, 0.4) is 0 Å². The Bertz CT molecular complexity index is 322. The van der Waals surface area contributed by atoms with Crippen LogP contribution in [0.4, 0.5) is 13.2 Å². The number of halogens is 5. The number of alkyl halides is 4. The summed E-state index contributed by atoms with van der Waals surface area (Å²) < 4.78 is 37.1. The van der Waals surface area contributed by atoms with Crippen molar-refractivity contribution >= 4 is 27.5 Å². The van der Waals surface area contributed by atoms with Crippen LogP contribution in [0.5, 0.6) is 0 Å². The fourth-order valence-electron chi connectivity index (χ4n) is 1.09. The predicted molar refractivity (Wildman–Crippen MR) is 54.0 cm³/mol. The van der Waals surface area contributed by atoms with E-state index in [4.69, 9.17) is 11.6 Å². The Labute approximate surface area is 93.2 Å². The lowest BCUT2D eigenvalue weighted by molar-refractivity contribution is -0.137. The minimum atomic E-state index is -4.38. The monoisotopic (exact) mass is 286 g/mol. The minimum Gasteiger partial charge on any atom is -0.166 e. The Balaban J connectivity index is 3.14. The highest BCUT2D eigenvalue weighted by atomic mass is 79.9. The van der Waals surface area contributed by atoms with Crippen LogP contribution in [-0.4, -0.2) is 5.33 Å². The van der Waals surface area contributed by atoms with E-state index in [0.29, 0.717) is 17.3 Å². The molecule has 0 aliphatic carbocycles. The van der Waals surface area contributed by atoms with E-state index in [1.165, 1.54) is 6.07 Å². The van der Waals surface area contributed by atoms with E-state index in [1.807, 2.05) is 0 Å². The molecule has 0 aliphatic heterocycles. The summed E-state index contributed by atoms with van der Waals surface area (Å²) in [6.07, 6.45) is -3.89. The zero-order valence-electron chi connectivity index (χ0n) is 7.04. The second kappa shape index (κ2) is 4.53. The summed E-state index contributed by atoms with van der Waals surface area (Å²) in [6, 6.07) is 3.95. The van der Waals surface area contributed by atoms with Crippen molar-refractivity contribution in [3.8, 4) is 0 Å². The predicted octanol–water partition coefficient (Wildman–Crippen LogP) is 4.30. The highest BCUT2D eigenvalue weighted by molar-refractivity contribution is 9.09. The molecule has 0 unspecified atom stereocenters. The topological polar surface area (TPSA) is 0 Å². The van der Waals surface area contributed by atoms with Gasteiger partial charge in [-0.25, -0.2) is 0 Å². The molecule has 0 radical (unpaired) electrons. The van der Waals surface area contributed by atoms with Gasteiger partial charge in [-0.15, -0.1) is 0 Å². The summed E-state index contributed by atoms with van der Waals surface area (Å²) in [6.45, 7) is 0. The second-order valence-electron chi connectivity index (χ2n) is 2.72. The molecule has 0 saturated carbocycles. The number of aryl methyl sites for hydroxylation is 1. The number of benzene rings is 1. The highest BCUT2D eigenvalue weighted by Crippen LogP contribution is 2.36. The van der Waals surface area contributed by atoms with E-state index < -0.39 is 11.7 Å². The lowest BCUT2D eigenvalue weighted by Crippen LogP contribution is -2.07. The molecule has 0 nitrogen and oxygen atoms in total. The molecule has 0 spiro atoms. The fraction of sp³-hybridized carbons (Fsp3) is 0.333. The van der Waals surface area contributed by atoms with Gasteiger partial charge in [0.2, 0.25) is 0 Å². The molecule has 78 valence electrons. The zero-order valence-corrected chi connectivity index (χ0v) is 9.38. The minimum absolute atomic E-state index is 0.195. The van der Waals surface area contributed by atoms with Gasteiger partial charge >= 0.3 is 6.18 Å². The number of hydrogen-bond donors (Lipinski definition) is 0. The summed E-state index contributed by atoms with van der Waals surface area (Å²) in [7, 11) is 0. The van der Waals surface area contributed by atoms with E-state index in [2.05, 4.69) is 15.9 Å². The van der Waals surface area contributed by atoms with E-state index in [0.717, 1.165) is 6.07 Å². The quantitative estimate of drug-likeness (QED) is 0.712. The van der Waals surface area contributed by atoms with Crippen LogP contribution in [-0.2, 0) is 12.6 Å². The maximum absolute atomic E-state index is 12.4. The molecule has 0 amide bonds. The van der Waals surface area contributed by atoms with Crippen LogP contribution in [0.2, 0.25) is 5.02 Å². The molecule has 0 saturated heterocycles. The summed E-state index contributed by atoms with van der Waals surface area (Å²) in [4.78, 5) is 0. The van der Waals surface area contributed by atoms with Gasteiger partial charge in [-0.2, -0.15) is 13.2 Å². The summed E-state index contributed by atoms with van der Waals surface area (Å²) in [5.41, 5.74) is -0.254. The van der Waals surface area contributed by atoms with E-state index in [9.17, 15) is 13.2 Å². The Morgan fingerprint density at radius 2 is 1.93 bits per heavy atom. The van der Waals surface area contributed by atoms with E-state index >= 15 is 0 Å². The molecule has 0 bridgehead atoms. The lowest BCUT2D eigenvalue weighted by Gasteiger charge is -2.11. The van der Waals surface area contributed by atoms with Crippen molar-refractivity contribution in [3.63, 3.8) is 0 Å². The SMILES string of the molecule is FC(F)(F)c1cccc(CCBr)c1Cl. The van der Waals surface area contributed by atoms with Gasteiger partial charge in [-0.3, -0.25) is 0 Å². The maximum atomic E-state index is 12.4. The van der Waals surface area contributed by atoms with Gasteiger partial charge in [-0.05, 0) is 18.1 Å². The third kappa shape index (κ3) is 2.64. The third-order valence-electron chi connectivity index (χ3n) is 1.75. The van der Waals surface area contributed by atoms with E-state index in [-0.39, 0.29) is 5.02 Å². The first-order valence-electron chi connectivity index (χ1n) is 3.87. The van der Waals surface area contributed by atoms with E-state index in [1.54, 1.807) is 6.07 Å². The highest BCUT2D eigenvalue weighted by Gasteiger charge is 2.33. The van der Waals surface area contributed by atoms with Crippen molar-refractivity contribution in [2.24, 2.45) is 0 Å². The molecule has 0 atom stereocenters. The maximum Gasteiger partial charge on any atom is 0.417 e. The Morgan fingerprint density at radius 3 is 2.43 bits per heavy atom. The van der Waals surface area contributed by atoms with Gasteiger partial charge < -0.3 is 0 Å². The van der Waals surface area contributed by atoms with Gasteiger partial charge in [0, 0.05) is 5.33 Å². The standard InChI is InChI=1S/C9H7BrClF3/c10-5-4-6-2-1-3-7(8(6)11)9(12,13)14/h1-3H,4-5H2. The van der Waals surface area contributed by atoms with Gasteiger partial charge in [0.15, 0.2) is 0 Å². The molecular weight excluding hydrogens is 280 g/mol. The lowest BCUT2D eigenvalue weighted by atomic mass is 10.1. The number of hydrogen-bond acceptors (Lipinski definition) is 0. The average molecular weight is 288 g/mol. The Morgan fingerprint density at radius 1 is 1.29 bits per heavy atom. The Hall–Kier alpha value is -0.220. The molecular formula is C9H7BrClF3. The molecule has 5 heteroatoms. The molecule has 0 heterocycles. The summed E-state index contributed by atoms with van der Waals surface area (Å²) >= 11 is 8.79. The fourth-order valence-corrected chi connectivity index (χ4v) is 1.85. The molecule has 0 aliphatic rings. The molecule has 0 aromatic heterocycles. The Kier molecular flexibility index (Phi) is 3.84. The molecule has 1 rings (SSSR count). The van der Waals surface area contributed by atoms with Crippen LogP contribution in [0.25, 0.3) is 0 Å². The van der Waals surface area contributed by atoms with Crippen molar-refractivity contribution in [3.05, 3.63) is 34.3 Å². The van der Waals surface area contributed by atoms with Crippen LogP contribution in [0, 0.1) is 0 Å². The van der Waals surface area contributed by atoms with Crippen LogP contribution >= 0.6 is 27.5 Å². The van der Waals surface area contributed by atoms with Crippen LogP contribution < -0.4 is 0 Å². The normalized spacial score (nSPS) is 11.8. The van der Waals surface area contributed by atoms with Crippen molar-refractivity contribution in [1.82, 2.24) is 0 Å². The van der Waals surface area contributed by atoms with Crippen LogP contribution in [0.15, 0.2) is 18.2 Å². The second-order valence-corrected chi connectivity index (χ2v) is 3.89. The molecule has 14 heavy (non-hydrogen) atoms. The van der Waals surface area contributed by atoms with Crippen LogP contribution in [0.1, 0.15) is 11.1 Å². The van der Waals surface area contributed by atoms with Crippen molar-refractivity contribution < 1.29 is 13.2 Å². The summed E-state index contributed by atoms with van der Waals surface area (Å²) in [5.74, 6) is 0. The van der Waals surface area contributed by atoms with Crippen molar-refractivity contribution in [2.45, 2.75) is 12.6 Å². The third-order valence-corrected chi connectivity index (χ3v) is 2.59. The molecule has 0 N–H and O–H groups in total. The van der Waals surface area contributed by atoms with Crippen molar-refractivity contribution in [2.75, 3.05) is 5.33 Å². The van der Waals surface area contributed by atoms with Gasteiger partial charge in [0.25, 0.3) is 0 Å². The molecule has 1 aromatic rings. The van der Waals surface area contributed by atoms with Gasteiger partial charge in [-0.1, -0.05) is 39.7 Å². The first kappa shape index (κ1) is 11.9. The average Bonchev–Trinajstić information content (AvgIpc) is 2.07. The first-order valence-corrected chi connectivity index (χ1v) is 5.37. The summed E-state index contributed by atoms with van der Waals surface area (Å²) in [5, 5.41) is 0.396.